The van der Waals surface area contributed by atoms with E-state index in [4.69, 9.17) is 4.74 Å². The first-order chi connectivity index (χ1) is 7.68. The Morgan fingerprint density at radius 1 is 1.35 bits per heavy atom. The molecule has 0 aromatic heterocycles. The average molecular weight is 242 g/mol. The lowest BCUT2D eigenvalue weighted by atomic mass is 10.0. The van der Waals surface area contributed by atoms with E-state index >= 15 is 0 Å². The molecule has 0 radical (unpaired) electrons. The van der Waals surface area contributed by atoms with Gasteiger partial charge in [0.1, 0.15) is 0 Å². The van der Waals surface area contributed by atoms with Crippen LogP contribution in [0.3, 0.4) is 0 Å². The molecule has 102 valence electrons. The predicted octanol–water partition coefficient (Wildman–Crippen LogP) is 2.12. The van der Waals surface area contributed by atoms with Crippen LogP contribution in [0, 0.1) is 5.92 Å². The third-order valence-electron chi connectivity index (χ3n) is 3.06. The Bertz CT molecular complexity index is 233. The fraction of sp³-hybridized carbons (Fsp3) is 1.00. The molecule has 1 N–H and O–H groups in total. The van der Waals surface area contributed by atoms with Crippen molar-refractivity contribution in [2.75, 3.05) is 32.8 Å². The topological polar surface area (TPSA) is 24.5 Å². The molecule has 0 aromatic rings. The molecule has 1 unspecified atom stereocenters. The zero-order chi connectivity index (χ0) is 13.1. The van der Waals surface area contributed by atoms with Crippen molar-refractivity contribution in [1.82, 2.24) is 10.2 Å². The maximum atomic E-state index is 5.73. The molecule has 17 heavy (non-hydrogen) atoms. The fourth-order valence-corrected chi connectivity index (χ4v) is 2.26. The molecular weight excluding hydrogens is 212 g/mol. The highest BCUT2D eigenvalue weighted by atomic mass is 16.5. The minimum atomic E-state index is 0.0232. The van der Waals surface area contributed by atoms with E-state index in [2.05, 4.69) is 51.8 Å². The second kappa shape index (κ2) is 5.68. The Labute approximate surface area is 107 Å². The van der Waals surface area contributed by atoms with Gasteiger partial charge in [0.25, 0.3) is 0 Å². The average Bonchev–Trinajstić information content (AvgIpc) is 2.12. The van der Waals surface area contributed by atoms with Crippen molar-refractivity contribution in [1.29, 1.82) is 0 Å². The summed E-state index contributed by atoms with van der Waals surface area (Å²) in [6, 6.07) is 0. The molecule has 1 aliphatic rings. The lowest BCUT2D eigenvalue weighted by molar-refractivity contribution is -0.0885. The van der Waals surface area contributed by atoms with Gasteiger partial charge in [0.05, 0.1) is 12.2 Å². The Morgan fingerprint density at radius 2 is 2.00 bits per heavy atom. The third-order valence-corrected chi connectivity index (χ3v) is 3.06. The van der Waals surface area contributed by atoms with Gasteiger partial charge in [-0.3, -0.25) is 4.90 Å². The number of nitrogens with one attached hydrogen (secondary N) is 1. The number of hydrogen-bond acceptors (Lipinski definition) is 3. The molecule has 1 heterocycles. The third kappa shape index (κ3) is 6.39. The second-order valence-electron chi connectivity index (χ2n) is 7.08. The van der Waals surface area contributed by atoms with E-state index in [0.29, 0.717) is 5.92 Å². The highest BCUT2D eigenvalue weighted by molar-refractivity contribution is 4.81. The van der Waals surface area contributed by atoms with Crippen molar-refractivity contribution < 1.29 is 4.74 Å². The molecule has 1 rings (SSSR count). The molecule has 1 fully saturated rings. The van der Waals surface area contributed by atoms with Gasteiger partial charge in [-0.15, -0.1) is 0 Å². The number of hydrogen-bond donors (Lipinski definition) is 1. The van der Waals surface area contributed by atoms with Crippen LogP contribution in [0.1, 0.15) is 41.5 Å². The summed E-state index contributed by atoms with van der Waals surface area (Å²) in [6.45, 7) is 18.6. The molecule has 0 aliphatic carbocycles. The molecule has 0 spiro atoms. The van der Waals surface area contributed by atoms with Crippen LogP contribution in [-0.2, 0) is 4.74 Å². The maximum absolute atomic E-state index is 5.73. The minimum Gasteiger partial charge on any atom is -0.373 e. The molecule has 0 amide bonds. The molecule has 0 aromatic carbocycles. The van der Waals surface area contributed by atoms with Gasteiger partial charge in [-0.05, 0) is 47.1 Å². The normalized spacial score (nSPS) is 23.6. The number of nitrogens with zero attached hydrogens (tertiary/aromatic N) is 1. The first kappa shape index (κ1) is 14.9. The van der Waals surface area contributed by atoms with Gasteiger partial charge in [-0.2, -0.15) is 0 Å². The van der Waals surface area contributed by atoms with E-state index in [1.807, 2.05) is 0 Å². The van der Waals surface area contributed by atoms with Crippen molar-refractivity contribution in [2.45, 2.75) is 52.7 Å². The van der Waals surface area contributed by atoms with Gasteiger partial charge in [0.2, 0.25) is 0 Å². The maximum Gasteiger partial charge on any atom is 0.0753 e. The van der Waals surface area contributed by atoms with E-state index < -0.39 is 0 Å². The van der Waals surface area contributed by atoms with Gasteiger partial charge < -0.3 is 10.1 Å². The number of rotatable bonds is 4. The summed E-state index contributed by atoms with van der Waals surface area (Å²) >= 11 is 0. The molecule has 1 saturated heterocycles. The van der Waals surface area contributed by atoms with Gasteiger partial charge in [-0.25, -0.2) is 0 Å². The summed E-state index contributed by atoms with van der Waals surface area (Å²) in [7, 11) is 0. The largest absolute Gasteiger partial charge is 0.373 e. The number of ether oxygens (including phenoxy) is 1. The molecular formula is C14H30N2O. The van der Waals surface area contributed by atoms with Gasteiger partial charge in [-0.1, -0.05) is 6.92 Å². The summed E-state index contributed by atoms with van der Waals surface area (Å²) in [4.78, 5) is 2.53. The Hall–Kier alpha value is -0.120. The van der Waals surface area contributed by atoms with Crippen LogP contribution in [-0.4, -0.2) is 48.8 Å². The minimum absolute atomic E-state index is 0.0232. The Kier molecular flexibility index (Phi) is 4.99. The molecule has 0 bridgehead atoms. The SMILES string of the molecule is CC(CNC(C)(C)C)CN1CCOC(C)(C)C1. The summed E-state index contributed by atoms with van der Waals surface area (Å²) in [5, 5.41) is 3.57. The van der Waals surface area contributed by atoms with Gasteiger partial charge in [0.15, 0.2) is 0 Å². The Morgan fingerprint density at radius 3 is 2.53 bits per heavy atom. The van der Waals surface area contributed by atoms with E-state index in [0.717, 1.165) is 32.8 Å². The monoisotopic (exact) mass is 242 g/mol. The zero-order valence-electron chi connectivity index (χ0n) is 12.5. The summed E-state index contributed by atoms with van der Waals surface area (Å²) in [5.41, 5.74) is 0.244. The van der Waals surface area contributed by atoms with Crippen LogP contribution in [0.4, 0.5) is 0 Å². The van der Waals surface area contributed by atoms with Gasteiger partial charge >= 0.3 is 0 Å². The van der Waals surface area contributed by atoms with Crippen LogP contribution in [0.2, 0.25) is 0 Å². The molecule has 3 nitrogen and oxygen atoms in total. The van der Waals surface area contributed by atoms with Crippen molar-refractivity contribution in [3.8, 4) is 0 Å². The van der Waals surface area contributed by atoms with Crippen molar-refractivity contribution in [2.24, 2.45) is 5.92 Å². The lowest BCUT2D eigenvalue weighted by Crippen LogP contribution is -2.50. The van der Waals surface area contributed by atoms with Crippen molar-refractivity contribution in [3.05, 3.63) is 0 Å². The van der Waals surface area contributed by atoms with E-state index in [-0.39, 0.29) is 11.1 Å². The van der Waals surface area contributed by atoms with Crippen LogP contribution in [0.25, 0.3) is 0 Å². The number of morpholine rings is 1. The van der Waals surface area contributed by atoms with Crippen LogP contribution in [0.5, 0.6) is 0 Å². The first-order valence-corrected chi connectivity index (χ1v) is 6.79. The van der Waals surface area contributed by atoms with E-state index in [1.54, 1.807) is 0 Å². The molecule has 1 atom stereocenters. The van der Waals surface area contributed by atoms with Crippen LogP contribution in [0.15, 0.2) is 0 Å². The smallest absolute Gasteiger partial charge is 0.0753 e. The van der Waals surface area contributed by atoms with Crippen molar-refractivity contribution >= 4 is 0 Å². The lowest BCUT2D eigenvalue weighted by Gasteiger charge is -2.39. The zero-order valence-corrected chi connectivity index (χ0v) is 12.5. The molecule has 3 heteroatoms. The fourth-order valence-electron chi connectivity index (χ4n) is 2.26. The highest BCUT2D eigenvalue weighted by Crippen LogP contribution is 2.17. The van der Waals surface area contributed by atoms with Crippen molar-refractivity contribution in [3.63, 3.8) is 0 Å². The molecule has 1 aliphatic heterocycles. The van der Waals surface area contributed by atoms with Crippen LogP contribution >= 0.6 is 0 Å². The quantitative estimate of drug-likeness (QED) is 0.817. The first-order valence-electron chi connectivity index (χ1n) is 6.79. The summed E-state index contributed by atoms with van der Waals surface area (Å²) < 4.78 is 5.73. The van der Waals surface area contributed by atoms with Crippen LogP contribution < -0.4 is 5.32 Å². The highest BCUT2D eigenvalue weighted by Gasteiger charge is 2.27. The molecule has 0 saturated carbocycles. The Balaban J connectivity index is 2.28. The standard InChI is InChI=1S/C14H30N2O/c1-12(9-15-13(2,3)4)10-16-7-8-17-14(5,6)11-16/h12,15H,7-11H2,1-6H3. The van der Waals surface area contributed by atoms with E-state index in [9.17, 15) is 0 Å². The predicted molar refractivity (Wildman–Crippen MR) is 73.4 cm³/mol. The van der Waals surface area contributed by atoms with E-state index in [1.165, 1.54) is 0 Å². The second-order valence-corrected chi connectivity index (χ2v) is 7.08. The summed E-state index contributed by atoms with van der Waals surface area (Å²) in [5.74, 6) is 0.683. The van der Waals surface area contributed by atoms with Gasteiger partial charge in [0, 0.05) is 25.2 Å². The summed E-state index contributed by atoms with van der Waals surface area (Å²) in [6.07, 6.45) is 0.